The number of thiophene rings is 1. The maximum Gasteiger partial charge on any atom is 0.141 e. The minimum Gasteiger partial charge on any atom is -0.383 e. The van der Waals surface area contributed by atoms with Gasteiger partial charge in [0.1, 0.15) is 5.84 Å². The summed E-state index contributed by atoms with van der Waals surface area (Å²) in [5.41, 5.74) is 14.2. The Morgan fingerprint density at radius 2 is 1.96 bits per heavy atom. The minimum absolute atomic E-state index is 0.582. The molecule has 0 bridgehead atoms. The van der Waals surface area contributed by atoms with Crippen LogP contribution in [-0.2, 0) is 0 Å². The third-order valence-electron chi connectivity index (χ3n) is 5.58. The molecule has 0 unspecified atom stereocenters. The minimum atomic E-state index is 0.582. The number of nitrogens with two attached hydrogens (primary N) is 2. The molecular formula is C22H30N4S. The van der Waals surface area contributed by atoms with Crippen LogP contribution in [0.15, 0.2) is 46.9 Å². The van der Waals surface area contributed by atoms with Crippen LogP contribution >= 0.6 is 11.3 Å². The van der Waals surface area contributed by atoms with E-state index in [0.717, 1.165) is 22.0 Å². The van der Waals surface area contributed by atoms with Crippen LogP contribution in [0.2, 0.25) is 0 Å². The number of hydrogen-bond donors (Lipinski definition) is 3. The maximum absolute atomic E-state index is 6.11. The molecule has 2 aromatic heterocycles. The predicted molar refractivity (Wildman–Crippen MR) is 118 cm³/mol. The van der Waals surface area contributed by atoms with Crippen LogP contribution in [0.5, 0.6) is 0 Å². The summed E-state index contributed by atoms with van der Waals surface area (Å²) >= 11 is 1.62. The lowest BCUT2D eigenvalue weighted by Crippen LogP contribution is -2.12. The van der Waals surface area contributed by atoms with E-state index >= 15 is 0 Å². The fourth-order valence-corrected chi connectivity index (χ4v) is 4.67. The lowest BCUT2D eigenvalue weighted by Gasteiger charge is -2.27. The third kappa shape index (κ3) is 4.42. The Morgan fingerprint density at radius 1 is 1.19 bits per heavy atom. The zero-order valence-electron chi connectivity index (χ0n) is 16.2. The van der Waals surface area contributed by atoms with Crippen molar-refractivity contribution in [3.63, 3.8) is 0 Å². The Kier molecular flexibility index (Phi) is 6.69. The summed E-state index contributed by atoms with van der Waals surface area (Å²) < 4.78 is 0. The Balaban J connectivity index is 0.00000102. The summed E-state index contributed by atoms with van der Waals surface area (Å²) in [6.45, 7) is 2.32. The summed E-state index contributed by atoms with van der Waals surface area (Å²) in [6.07, 6.45) is 8.90. The summed E-state index contributed by atoms with van der Waals surface area (Å²) in [7, 11) is 1.50. The molecule has 5 heteroatoms. The van der Waals surface area contributed by atoms with Crippen molar-refractivity contribution in [2.45, 2.75) is 44.9 Å². The smallest absolute Gasteiger partial charge is 0.141 e. The van der Waals surface area contributed by atoms with Gasteiger partial charge in [0.15, 0.2) is 0 Å². The number of benzene rings is 1. The molecule has 2 heterocycles. The van der Waals surface area contributed by atoms with Gasteiger partial charge in [0.25, 0.3) is 0 Å². The van der Waals surface area contributed by atoms with Crippen LogP contribution in [0.25, 0.3) is 10.9 Å². The molecule has 1 aliphatic rings. The number of aromatic amines is 1. The van der Waals surface area contributed by atoms with E-state index in [2.05, 4.69) is 47.0 Å². The molecule has 27 heavy (non-hydrogen) atoms. The fourth-order valence-electron chi connectivity index (χ4n) is 4.04. The van der Waals surface area contributed by atoms with Crippen molar-refractivity contribution in [3.05, 3.63) is 52.3 Å². The van der Waals surface area contributed by atoms with Gasteiger partial charge in [-0.3, -0.25) is 0 Å². The second kappa shape index (κ2) is 9.20. The van der Waals surface area contributed by atoms with Crippen molar-refractivity contribution in [3.8, 4) is 0 Å². The first-order valence-electron chi connectivity index (χ1n) is 9.81. The fraction of sp³-hybridized carbons (Fsp3) is 0.409. The normalized spacial score (nSPS) is 20.3. The first kappa shape index (κ1) is 19.6. The number of fused-ring (bicyclic) bond motifs is 1. The molecule has 4 nitrogen and oxygen atoms in total. The molecule has 0 spiro atoms. The number of rotatable bonds is 4. The van der Waals surface area contributed by atoms with E-state index in [1.165, 1.54) is 50.1 Å². The Bertz CT molecular complexity index is 871. The average Bonchev–Trinajstić information content (AvgIpc) is 3.39. The van der Waals surface area contributed by atoms with Gasteiger partial charge in [-0.1, -0.05) is 25.5 Å². The van der Waals surface area contributed by atoms with Gasteiger partial charge < -0.3 is 16.5 Å². The van der Waals surface area contributed by atoms with Gasteiger partial charge in [-0.2, -0.15) is 0 Å². The molecule has 1 aliphatic carbocycles. The number of aliphatic imine (C=N–C) groups is 1. The van der Waals surface area contributed by atoms with Crippen LogP contribution in [0.4, 0.5) is 5.69 Å². The molecule has 4 rings (SSSR count). The lowest BCUT2D eigenvalue weighted by atomic mass is 9.78. The SMILES string of the molecule is CCC1CCC(c2c[nH]c3cc(N=C(N)c4cccs4)ccc23)CC1.CN. The highest BCUT2D eigenvalue weighted by atomic mass is 32.1. The van der Waals surface area contributed by atoms with E-state index in [0.29, 0.717) is 11.8 Å². The van der Waals surface area contributed by atoms with Gasteiger partial charge >= 0.3 is 0 Å². The van der Waals surface area contributed by atoms with E-state index < -0.39 is 0 Å². The molecule has 0 atom stereocenters. The van der Waals surface area contributed by atoms with Gasteiger partial charge in [0.2, 0.25) is 0 Å². The summed E-state index contributed by atoms with van der Waals surface area (Å²) in [5, 5.41) is 3.36. The highest BCUT2D eigenvalue weighted by Gasteiger charge is 2.23. The Hall–Kier alpha value is -2.11. The maximum atomic E-state index is 6.11. The Labute approximate surface area is 165 Å². The molecule has 0 saturated heterocycles. The standard InChI is InChI=1S/C21H25N3S.CH5N/c1-2-14-5-7-15(8-6-14)18-13-23-19-12-16(9-10-17(18)19)24-21(22)20-4-3-11-25-20;1-2/h3-4,9-15,23H,2,5-8H2,1H3,(H2,22,24);2H2,1H3. The van der Waals surface area contributed by atoms with Crippen molar-refractivity contribution in [1.29, 1.82) is 0 Å². The van der Waals surface area contributed by atoms with Crippen LogP contribution in [0, 0.1) is 5.92 Å². The van der Waals surface area contributed by atoms with Crippen molar-refractivity contribution >= 4 is 33.8 Å². The van der Waals surface area contributed by atoms with Crippen molar-refractivity contribution in [2.75, 3.05) is 7.05 Å². The first-order valence-corrected chi connectivity index (χ1v) is 10.7. The molecular weight excluding hydrogens is 352 g/mol. The number of H-pyrrole nitrogens is 1. The third-order valence-corrected chi connectivity index (χ3v) is 6.48. The monoisotopic (exact) mass is 382 g/mol. The topological polar surface area (TPSA) is 80.2 Å². The molecule has 1 aromatic carbocycles. The molecule has 144 valence electrons. The molecule has 3 aromatic rings. The van der Waals surface area contributed by atoms with Crippen molar-refractivity contribution in [1.82, 2.24) is 4.98 Å². The molecule has 5 N–H and O–H groups in total. The predicted octanol–water partition coefficient (Wildman–Crippen LogP) is 5.53. The highest BCUT2D eigenvalue weighted by Crippen LogP contribution is 2.40. The number of aromatic nitrogens is 1. The van der Waals surface area contributed by atoms with E-state index in [-0.39, 0.29) is 0 Å². The molecule has 0 amide bonds. The molecule has 1 saturated carbocycles. The van der Waals surface area contributed by atoms with E-state index in [1.54, 1.807) is 11.3 Å². The summed E-state index contributed by atoms with van der Waals surface area (Å²) in [5.74, 6) is 2.21. The number of amidine groups is 1. The van der Waals surface area contributed by atoms with Gasteiger partial charge in [0, 0.05) is 17.1 Å². The van der Waals surface area contributed by atoms with Crippen LogP contribution < -0.4 is 11.5 Å². The molecule has 0 aliphatic heterocycles. The second-order valence-corrected chi connectivity index (χ2v) is 8.02. The van der Waals surface area contributed by atoms with Gasteiger partial charge in [-0.05, 0) is 73.7 Å². The van der Waals surface area contributed by atoms with Crippen molar-refractivity contribution in [2.24, 2.45) is 22.4 Å². The largest absolute Gasteiger partial charge is 0.383 e. The van der Waals surface area contributed by atoms with E-state index in [4.69, 9.17) is 5.73 Å². The molecule has 0 radical (unpaired) electrons. The van der Waals surface area contributed by atoms with Gasteiger partial charge in [-0.15, -0.1) is 11.3 Å². The van der Waals surface area contributed by atoms with E-state index in [1.807, 2.05) is 17.5 Å². The lowest BCUT2D eigenvalue weighted by molar-refractivity contribution is 0.319. The van der Waals surface area contributed by atoms with Crippen molar-refractivity contribution < 1.29 is 0 Å². The van der Waals surface area contributed by atoms with E-state index in [9.17, 15) is 0 Å². The van der Waals surface area contributed by atoms with Crippen LogP contribution in [-0.4, -0.2) is 17.9 Å². The van der Waals surface area contributed by atoms with Crippen LogP contribution in [0.3, 0.4) is 0 Å². The number of nitrogens with one attached hydrogen (secondary N) is 1. The zero-order valence-corrected chi connectivity index (χ0v) is 17.1. The number of nitrogens with zero attached hydrogens (tertiary/aromatic N) is 1. The molecule has 1 fully saturated rings. The zero-order chi connectivity index (χ0) is 19.2. The quantitative estimate of drug-likeness (QED) is 0.410. The summed E-state index contributed by atoms with van der Waals surface area (Å²) in [4.78, 5) is 9.04. The average molecular weight is 383 g/mol. The second-order valence-electron chi connectivity index (χ2n) is 7.07. The van der Waals surface area contributed by atoms with Crippen LogP contribution in [0.1, 0.15) is 55.4 Å². The Morgan fingerprint density at radius 3 is 2.63 bits per heavy atom. The van der Waals surface area contributed by atoms with Gasteiger partial charge in [-0.25, -0.2) is 4.99 Å². The number of hydrogen-bond acceptors (Lipinski definition) is 3. The van der Waals surface area contributed by atoms with Gasteiger partial charge in [0.05, 0.1) is 10.6 Å². The summed E-state index contributed by atoms with van der Waals surface area (Å²) in [6, 6.07) is 10.4. The highest BCUT2D eigenvalue weighted by molar-refractivity contribution is 7.12. The first-order chi connectivity index (χ1) is 13.2.